The standard InChI is InChI=1S/C13H16ClN4O3P/c1-3-20-22(19,21-4-2)9-11-17-7-10(8-18-11)12-13(14)16-6-5-15-12/h5-8H,3-4,9H2,1-2H3. The van der Waals surface area contributed by atoms with Crippen LogP contribution in [0.1, 0.15) is 19.7 Å². The third-order valence-electron chi connectivity index (χ3n) is 2.62. The van der Waals surface area contributed by atoms with Crippen molar-refractivity contribution in [3.63, 3.8) is 0 Å². The van der Waals surface area contributed by atoms with Crippen LogP contribution in [0.4, 0.5) is 0 Å². The van der Waals surface area contributed by atoms with Crippen LogP contribution in [0.2, 0.25) is 5.15 Å². The van der Waals surface area contributed by atoms with Gasteiger partial charge in [0.25, 0.3) is 0 Å². The molecule has 0 aliphatic rings. The first-order valence-corrected chi connectivity index (χ1v) is 8.84. The highest BCUT2D eigenvalue weighted by molar-refractivity contribution is 7.53. The van der Waals surface area contributed by atoms with E-state index in [1.807, 2.05) is 0 Å². The topological polar surface area (TPSA) is 87.1 Å². The molecular weight excluding hydrogens is 327 g/mol. The molecule has 0 saturated heterocycles. The Hall–Kier alpha value is -1.40. The summed E-state index contributed by atoms with van der Waals surface area (Å²) in [6.07, 6.45) is 6.17. The lowest BCUT2D eigenvalue weighted by atomic mass is 10.2. The van der Waals surface area contributed by atoms with Gasteiger partial charge in [0, 0.05) is 30.4 Å². The molecule has 2 aromatic rings. The minimum absolute atomic E-state index is 0.0170. The number of nitrogens with zero attached hydrogens (tertiary/aromatic N) is 4. The van der Waals surface area contributed by atoms with Gasteiger partial charge in [0.2, 0.25) is 0 Å². The molecule has 0 aliphatic carbocycles. The average Bonchev–Trinajstić information content (AvgIpc) is 2.49. The van der Waals surface area contributed by atoms with Gasteiger partial charge in [-0.1, -0.05) is 11.6 Å². The van der Waals surface area contributed by atoms with Crippen molar-refractivity contribution in [3.05, 3.63) is 35.8 Å². The minimum atomic E-state index is -3.22. The highest BCUT2D eigenvalue weighted by atomic mass is 35.5. The van der Waals surface area contributed by atoms with Crippen molar-refractivity contribution in [3.8, 4) is 11.3 Å². The predicted octanol–water partition coefficient (Wildman–Crippen LogP) is 3.35. The van der Waals surface area contributed by atoms with Crippen LogP contribution in [-0.2, 0) is 19.8 Å². The highest BCUT2D eigenvalue weighted by Gasteiger charge is 2.25. The van der Waals surface area contributed by atoms with Crippen LogP contribution in [0.5, 0.6) is 0 Å². The predicted molar refractivity (Wildman–Crippen MR) is 82.6 cm³/mol. The second kappa shape index (κ2) is 7.74. The Morgan fingerprint density at radius 2 is 1.64 bits per heavy atom. The SMILES string of the molecule is CCOP(=O)(Cc1ncc(-c2nccnc2Cl)cn1)OCC. The fourth-order valence-corrected chi connectivity index (χ4v) is 3.54. The zero-order valence-corrected chi connectivity index (χ0v) is 13.9. The quantitative estimate of drug-likeness (QED) is 0.713. The van der Waals surface area contributed by atoms with Gasteiger partial charge in [0.15, 0.2) is 5.15 Å². The van der Waals surface area contributed by atoms with Gasteiger partial charge in [0.05, 0.1) is 13.2 Å². The number of hydrogen-bond acceptors (Lipinski definition) is 7. The molecule has 7 nitrogen and oxygen atoms in total. The smallest absolute Gasteiger partial charge is 0.309 e. The summed E-state index contributed by atoms with van der Waals surface area (Å²) in [6, 6.07) is 0. The third-order valence-corrected chi connectivity index (χ3v) is 4.87. The number of halogens is 1. The molecule has 22 heavy (non-hydrogen) atoms. The van der Waals surface area contributed by atoms with Crippen molar-refractivity contribution in [2.24, 2.45) is 0 Å². The van der Waals surface area contributed by atoms with E-state index in [0.29, 0.717) is 30.3 Å². The van der Waals surface area contributed by atoms with Crippen LogP contribution in [0.25, 0.3) is 11.3 Å². The summed E-state index contributed by atoms with van der Waals surface area (Å²) < 4.78 is 22.9. The van der Waals surface area contributed by atoms with E-state index in [-0.39, 0.29) is 11.3 Å². The lowest BCUT2D eigenvalue weighted by molar-refractivity contribution is 0.218. The normalized spacial score (nSPS) is 11.6. The monoisotopic (exact) mass is 342 g/mol. The molecule has 0 aromatic carbocycles. The van der Waals surface area contributed by atoms with Gasteiger partial charge in [-0.25, -0.2) is 15.0 Å². The molecule has 0 fully saturated rings. The lowest BCUT2D eigenvalue weighted by Crippen LogP contribution is -2.02. The second-order valence-electron chi connectivity index (χ2n) is 4.19. The molecule has 0 spiro atoms. The first kappa shape index (κ1) is 17.0. The largest absolute Gasteiger partial charge is 0.338 e. The van der Waals surface area contributed by atoms with Crippen LogP contribution >= 0.6 is 19.2 Å². The summed E-state index contributed by atoms with van der Waals surface area (Å²) in [5.41, 5.74) is 1.12. The molecule has 2 rings (SSSR count). The van der Waals surface area contributed by atoms with Crippen LogP contribution in [-0.4, -0.2) is 33.1 Å². The molecule has 0 aliphatic heterocycles. The molecule has 0 N–H and O–H groups in total. The molecule has 0 amide bonds. The summed E-state index contributed by atoms with van der Waals surface area (Å²) in [7, 11) is -3.22. The molecule has 9 heteroatoms. The number of aromatic nitrogens is 4. The van der Waals surface area contributed by atoms with E-state index in [2.05, 4.69) is 19.9 Å². The van der Waals surface area contributed by atoms with Crippen LogP contribution in [0.15, 0.2) is 24.8 Å². The summed E-state index contributed by atoms with van der Waals surface area (Å²) in [5, 5.41) is 0.271. The van der Waals surface area contributed by atoms with Gasteiger partial charge in [-0.15, -0.1) is 0 Å². The van der Waals surface area contributed by atoms with Crippen LogP contribution in [0, 0.1) is 0 Å². The molecule has 2 heterocycles. The van der Waals surface area contributed by atoms with Crippen molar-refractivity contribution in [1.29, 1.82) is 0 Å². The Morgan fingerprint density at radius 1 is 1.05 bits per heavy atom. The number of rotatable bonds is 7. The fourth-order valence-electron chi connectivity index (χ4n) is 1.77. The van der Waals surface area contributed by atoms with E-state index in [1.165, 1.54) is 12.4 Å². The molecule has 118 valence electrons. The van der Waals surface area contributed by atoms with Crippen molar-refractivity contribution in [2.75, 3.05) is 13.2 Å². The van der Waals surface area contributed by atoms with Crippen molar-refractivity contribution < 1.29 is 13.6 Å². The van der Waals surface area contributed by atoms with Gasteiger partial charge < -0.3 is 9.05 Å². The summed E-state index contributed by atoms with van der Waals surface area (Å²) in [5.74, 6) is 0.369. The maximum absolute atomic E-state index is 12.4. The number of hydrogen-bond donors (Lipinski definition) is 0. The molecule has 0 saturated carbocycles. The molecule has 0 atom stereocenters. The Kier molecular flexibility index (Phi) is 5.97. The lowest BCUT2D eigenvalue weighted by Gasteiger charge is -2.15. The molecule has 2 aromatic heterocycles. The first-order valence-electron chi connectivity index (χ1n) is 6.74. The highest BCUT2D eigenvalue weighted by Crippen LogP contribution is 2.50. The molecule has 0 bridgehead atoms. The van der Waals surface area contributed by atoms with E-state index < -0.39 is 7.60 Å². The van der Waals surface area contributed by atoms with E-state index in [4.69, 9.17) is 20.6 Å². The third kappa shape index (κ3) is 4.30. The van der Waals surface area contributed by atoms with Crippen LogP contribution in [0.3, 0.4) is 0 Å². The summed E-state index contributed by atoms with van der Waals surface area (Å²) >= 11 is 5.97. The van der Waals surface area contributed by atoms with E-state index in [0.717, 1.165) is 0 Å². The maximum Gasteiger partial charge on any atom is 0.338 e. The van der Waals surface area contributed by atoms with Crippen molar-refractivity contribution in [1.82, 2.24) is 19.9 Å². The fraction of sp³-hybridized carbons (Fsp3) is 0.385. The molecule has 0 radical (unpaired) electrons. The van der Waals surface area contributed by atoms with Gasteiger partial charge in [-0.2, -0.15) is 0 Å². The van der Waals surface area contributed by atoms with Gasteiger partial charge in [0.1, 0.15) is 17.7 Å². The van der Waals surface area contributed by atoms with Crippen molar-refractivity contribution in [2.45, 2.75) is 20.0 Å². The Morgan fingerprint density at radius 3 is 2.18 bits per heavy atom. The Labute approximate surface area is 133 Å². The molecular formula is C13H16ClN4O3P. The van der Waals surface area contributed by atoms with E-state index in [9.17, 15) is 4.57 Å². The zero-order valence-electron chi connectivity index (χ0n) is 12.3. The van der Waals surface area contributed by atoms with Gasteiger partial charge in [-0.3, -0.25) is 9.55 Å². The first-order chi connectivity index (χ1) is 10.6. The van der Waals surface area contributed by atoms with Gasteiger partial charge >= 0.3 is 7.60 Å². The Balaban J connectivity index is 2.18. The summed E-state index contributed by atoms with van der Waals surface area (Å²) in [6.45, 7) is 4.10. The average molecular weight is 343 g/mol. The van der Waals surface area contributed by atoms with E-state index >= 15 is 0 Å². The van der Waals surface area contributed by atoms with Crippen molar-refractivity contribution >= 4 is 19.2 Å². The zero-order chi connectivity index (χ0) is 16.0. The van der Waals surface area contributed by atoms with Gasteiger partial charge in [-0.05, 0) is 13.8 Å². The van der Waals surface area contributed by atoms with Crippen LogP contribution < -0.4 is 0 Å². The van der Waals surface area contributed by atoms with E-state index in [1.54, 1.807) is 26.2 Å². The summed E-state index contributed by atoms with van der Waals surface area (Å²) in [4.78, 5) is 16.4. The maximum atomic E-state index is 12.4. The second-order valence-corrected chi connectivity index (χ2v) is 6.60. The Bertz CT molecular complexity index is 659. The molecule has 0 unspecified atom stereocenters. The minimum Gasteiger partial charge on any atom is -0.309 e.